The molecule has 2 unspecified atom stereocenters. The molecular weight excluding hydrogens is 308 g/mol. The van der Waals surface area contributed by atoms with Crippen LogP contribution in [-0.2, 0) is 9.59 Å². The van der Waals surface area contributed by atoms with Crippen molar-refractivity contribution >= 4 is 23.5 Å². The minimum Gasteiger partial charge on any atom is -0.481 e. The Hall–Kier alpha value is -2.37. The Morgan fingerprint density at radius 2 is 1.83 bits per heavy atom. The predicted molar refractivity (Wildman–Crippen MR) is 90.8 cm³/mol. The molecule has 2 amide bonds. The maximum atomic E-state index is 12.5. The highest BCUT2D eigenvalue weighted by atomic mass is 16.4. The molecule has 1 aromatic carbocycles. The number of anilines is 1. The summed E-state index contributed by atoms with van der Waals surface area (Å²) >= 11 is 0. The van der Waals surface area contributed by atoms with Crippen LogP contribution in [0.5, 0.6) is 0 Å². The summed E-state index contributed by atoms with van der Waals surface area (Å²) < 4.78 is 0. The molecule has 1 saturated carbocycles. The standard InChI is InChI=1S/C18H24N2O4/c1-11(2)20(9-8-16(21)22)18(24)13-4-6-14(7-5-13)19-17(23)15-10-12(15)3/h4-7,11-12,15H,8-10H2,1-3H3,(H,19,23)(H,21,22). The summed E-state index contributed by atoms with van der Waals surface area (Å²) in [5.74, 6) is -0.578. The van der Waals surface area contributed by atoms with Gasteiger partial charge in [0.15, 0.2) is 0 Å². The summed E-state index contributed by atoms with van der Waals surface area (Å²) in [5.41, 5.74) is 1.14. The van der Waals surface area contributed by atoms with Crippen LogP contribution in [0.15, 0.2) is 24.3 Å². The Balaban J connectivity index is 2.00. The van der Waals surface area contributed by atoms with Crippen molar-refractivity contribution < 1.29 is 19.5 Å². The average molecular weight is 332 g/mol. The summed E-state index contributed by atoms with van der Waals surface area (Å²) in [6.07, 6.45) is 0.840. The Morgan fingerprint density at radius 3 is 2.29 bits per heavy atom. The minimum absolute atomic E-state index is 0.0202. The van der Waals surface area contributed by atoms with Crippen LogP contribution in [0.3, 0.4) is 0 Å². The number of hydrogen-bond donors (Lipinski definition) is 2. The van der Waals surface area contributed by atoms with Gasteiger partial charge in [-0.25, -0.2) is 0 Å². The van der Waals surface area contributed by atoms with E-state index in [4.69, 9.17) is 5.11 Å². The van der Waals surface area contributed by atoms with Crippen molar-refractivity contribution in [3.8, 4) is 0 Å². The van der Waals surface area contributed by atoms with Crippen molar-refractivity contribution in [1.82, 2.24) is 4.90 Å². The van der Waals surface area contributed by atoms with E-state index in [0.29, 0.717) is 17.2 Å². The van der Waals surface area contributed by atoms with Crippen LogP contribution in [0.1, 0.15) is 44.0 Å². The van der Waals surface area contributed by atoms with Gasteiger partial charge in [0.25, 0.3) is 5.91 Å². The lowest BCUT2D eigenvalue weighted by atomic mass is 10.1. The van der Waals surface area contributed by atoms with Crippen LogP contribution < -0.4 is 5.32 Å². The number of carboxylic acid groups (broad SMARTS) is 1. The molecule has 0 spiro atoms. The number of carboxylic acids is 1. The second kappa shape index (κ2) is 7.47. The number of aliphatic carboxylic acids is 1. The summed E-state index contributed by atoms with van der Waals surface area (Å²) in [5, 5.41) is 11.7. The van der Waals surface area contributed by atoms with Crippen molar-refractivity contribution in [2.24, 2.45) is 11.8 Å². The molecule has 6 nitrogen and oxygen atoms in total. The molecule has 0 saturated heterocycles. The first-order valence-corrected chi connectivity index (χ1v) is 8.23. The maximum absolute atomic E-state index is 12.5. The summed E-state index contributed by atoms with van der Waals surface area (Å²) in [6.45, 7) is 5.92. The second-order valence-corrected chi connectivity index (χ2v) is 6.62. The fourth-order valence-corrected chi connectivity index (χ4v) is 2.59. The molecule has 1 aliphatic rings. The van der Waals surface area contributed by atoms with E-state index in [2.05, 4.69) is 5.32 Å². The minimum atomic E-state index is -0.930. The topological polar surface area (TPSA) is 86.7 Å². The van der Waals surface area contributed by atoms with Gasteiger partial charge in [0.05, 0.1) is 6.42 Å². The van der Waals surface area contributed by atoms with Gasteiger partial charge in [0.1, 0.15) is 0 Å². The number of rotatable bonds is 7. The van der Waals surface area contributed by atoms with Gasteiger partial charge in [-0.15, -0.1) is 0 Å². The van der Waals surface area contributed by atoms with E-state index in [1.54, 1.807) is 24.3 Å². The van der Waals surface area contributed by atoms with Gasteiger partial charge in [-0.05, 0) is 50.5 Å². The molecule has 0 aromatic heterocycles. The quantitative estimate of drug-likeness (QED) is 0.803. The van der Waals surface area contributed by atoms with Crippen LogP contribution in [0.4, 0.5) is 5.69 Å². The predicted octanol–water partition coefficient (Wildman–Crippen LogP) is 2.61. The normalized spacial score (nSPS) is 19.0. The monoisotopic (exact) mass is 332 g/mol. The molecule has 2 rings (SSSR count). The molecule has 6 heteroatoms. The third-order valence-corrected chi connectivity index (χ3v) is 4.30. The lowest BCUT2D eigenvalue weighted by Gasteiger charge is -2.26. The molecule has 24 heavy (non-hydrogen) atoms. The molecule has 0 radical (unpaired) electrons. The van der Waals surface area contributed by atoms with Crippen LogP contribution >= 0.6 is 0 Å². The van der Waals surface area contributed by atoms with Crippen molar-refractivity contribution in [1.29, 1.82) is 0 Å². The zero-order valence-electron chi connectivity index (χ0n) is 14.3. The maximum Gasteiger partial charge on any atom is 0.305 e. The van der Waals surface area contributed by atoms with Gasteiger partial charge < -0.3 is 15.3 Å². The van der Waals surface area contributed by atoms with Gasteiger partial charge in [-0.1, -0.05) is 6.92 Å². The highest BCUT2D eigenvalue weighted by molar-refractivity contribution is 5.97. The number of nitrogens with zero attached hydrogens (tertiary/aromatic N) is 1. The van der Waals surface area contributed by atoms with Crippen molar-refractivity contribution in [2.45, 2.75) is 39.7 Å². The Kier molecular flexibility index (Phi) is 5.59. The van der Waals surface area contributed by atoms with E-state index in [-0.39, 0.29) is 36.7 Å². The third kappa shape index (κ3) is 4.57. The number of hydrogen-bond acceptors (Lipinski definition) is 3. The highest BCUT2D eigenvalue weighted by Crippen LogP contribution is 2.38. The van der Waals surface area contributed by atoms with Gasteiger partial charge in [0.2, 0.25) is 5.91 Å². The summed E-state index contributed by atoms with van der Waals surface area (Å²) in [4.78, 5) is 36.7. The average Bonchev–Trinajstić information content (AvgIpc) is 3.24. The third-order valence-electron chi connectivity index (χ3n) is 4.30. The van der Waals surface area contributed by atoms with E-state index in [9.17, 15) is 14.4 Å². The van der Waals surface area contributed by atoms with E-state index in [0.717, 1.165) is 6.42 Å². The highest BCUT2D eigenvalue weighted by Gasteiger charge is 2.39. The molecular formula is C18H24N2O4. The van der Waals surface area contributed by atoms with E-state index in [1.165, 1.54) is 4.90 Å². The van der Waals surface area contributed by atoms with Crippen LogP contribution in [-0.4, -0.2) is 40.4 Å². The molecule has 2 atom stereocenters. The zero-order valence-corrected chi connectivity index (χ0v) is 14.3. The number of nitrogens with one attached hydrogen (secondary N) is 1. The van der Waals surface area contributed by atoms with Crippen molar-refractivity contribution in [3.63, 3.8) is 0 Å². The number of carbonyl (C=O) groups excluding carboxylic acids is 2. The summed E-state index contributed by atoms with van der Waals surface area (Å²) in [7, 11) is 0. The van der Waals surface area contributed by atoms with Crippen molar-refractivity contribution in [2.75, 3.05) is 11.9 Å². The fraction of sp³-hybridized carbons (Fsp3) is 0.500. The molecule has 1 aromatic rings. The molecule has 2 N–H and O–H groups in total. The Bertz CT molecular complexity index is 624. The zero-order chi connectivity index (χ0) is 17.9. The number of amides is 2. The van der Waals surface area contributed by atoms with Gasteiger partial charge >= 0.3 is 5.97 Å². The van der Waals surface area contributed by atoms with Gasteiger partial charge in [-0.2, -0.15) is 0 Å². The largest absolute Gasteiger partial charge is 0.481 e. The lowest BCUT2D eigenvalue weighted by molar-refractivity contribution is -0.137. The number of benzene rings is 1. The molecule has 0 heterocycles. The van der Waals surface area contributed by atoms with Crippen LogP contribution in [0, 0.1) is 11.8 Å². The van der Waals surface area contributed by atoms with E-state index in [1.807, 2.05) is 20.8 Å². The second-order valence-electron chi connectivity index (χ2n) is 6.62. The van der Waals surface area contributed by atoms with Crippen LogP contribution in [0.2, 0.25) is 0 Å². The van der Waals surface area contributed by atoms with E-state index >= 15 is 0 Å². The molecule has 0 bridgehead atoms. The first-order valence-electron chi connectivity index (χ1n) is 8.23. The van der Waals surface area contributed by atoms with Crippen LogP contribution in [0.25, 0.3) is 0 Å². The smallest absolute Gasteiger partial charge is 0.305 e. The lowest BCUT2D eigenvalue weighted by Crippen LogP contribution is -2.38. The molecule has 130 valence electrons. The Labute approximate surface area is 141 Å². The first kappa shape index (κ1) is 18.0. The fourth-order valence-electron chi connectivity index (χ4n) is 2.59. The molecule has 0 aliphatic heterocycles. The SMILES string of the molecule is CC1CC1C(=O)Nc1ccc(C(=O)N(CCC(=O)O)C(C)C)cc1. The van der Waals surface area contributed by atoms with Gasteiger partial charge in [0, 0.05) is 29.8 Å². The molecule has 1 fully saturated rings. The Morgan fingerprint density at radius 1 is 1.25 bits per heavy atom. The summed E-state index contributed by atoms with van der Waals surface area (Å²) in [6, 6.07) is 6.63. The molecule has 1 aliphatic carbocycles. The number of carbonyl (C=O) groups is 3. The first-order chi connectivity index (χ1) is 11.3. The van der Waals surface area contributed by atoms with Gasteiger partial charge in [-0.3, -0.25) is 14.4 Å². The van der Waals surface area contributed by atoms with E-state index < -0.39 is 5.97 Å². The van der Waals surface area contributed by atoms with Crippen molar-refractivity contribution in [3.05, 3.63) is 29.8 Å².